The quantitative estimate of drug-likeness (QED) is 0.575. The summed E-state index contributed by atoms with van der Waals surface area (Å²) in [7, 11) is 0. The molecule has 7 heteroatoms. The summed E-state index contributed by atoms with van der Waals surface area (Å²) in [6.07, 6.45) is 0. The minimum Gasteiger partial charge on any atom is -0.322 e. The van der Waals surface area contributed by atoms with E-state index in [1.54, 1.807) is 61.5 Å². The second-order valence-electron chi connectivity index (χ2n) is 6.60. The number of benzene rings is 3. The molecule has 0 aromatic heterocycles. The summed E-state index contributed by atoms with van der Waals surface area (Å²) >= 11 is 11.9. The Bertz CT molecular complexity index is 1190. The highest BCUT2D eigenvalue weighted by Crippen LogP contribution is 2.33. The van der Waals surface area contributed by atoms with E-state index in [9.17, 15) is 14.4 Å². The number of carbonyl (C=O) groups excluding carboxylic acids is 3. The standard InChI is InChI=1S/C22H14Cl2N2O3/c1-12-9-16(25-20(27)13-3-2-4-14(23)10-13)6-8-19(12)26-21(28)17-7-5-15(24)11-18(17)22(26)29/h2-11H,1H3,(H,25,27). The van der Waals surface area contributed by atoms with Gasteiger partial charge in [0, 0.05) is 21.3 Å². The van der Waals surface area contributed by atoms with E-state index in [4.69, 9.17) is 23.2 Å². The molecular formula is C22H14Cl2N2O3. The molecule has 0 atom stereocenters. The molecule has 1 aliphatic rings. The highest BCUT2D eigenvalue weighted by molar-refractivity contribution is 6.37. The monoisotopic (exact) mass is 424 g/mol. The van der Waals surface area contributed by atoms with Crippen molar-refractivity contribution >= 4 is 52.3 Å². The van der Waals surface area contributed by atoms with Crippen LogP contribution in [-0.2, 0) is 0 Å². The molecule has 5 nitrogen and oxygen atoms in total. The van der Waals surface area contributed by atoms with Crippen LogP contribution < -0.4 is 10.2 Å². The molecule has 0 spiro atoms. The molecule has 1 N–H and O–H groups in total. The maximum Gasteiger partial charge on any atom is 0.266 e. The number of nitrogens with one attached hydrogen (secondary N) is 1. The van der Waals surface area contributed by atoms with Gasteiger partial charge in [0.15, 0.2) is 0 Å². The van der Waals surface area contributed by atoms with Gasteiger partial charge < -0.3 is 5.32 Å². The predicted octanol–water partition coefficient (Wildman–Crippen LogP) is 5.35. The Hall–Kier alpha value is -3.15. The number of anilines is 2. The fraction of sp³-hybridized carbons (Fsp3) is 0.0455. The molecule has 0 aliphatic carbocycles. The van der Waals surface area contributed by atoms with Crippen LogP contribution in [0, 0.1) is 6.92 Å². The van der Waals surface area contributed by atoms with E-state index < -0.39 is 11.8 Å². The second-order valence-corrected chi connectivity index (χ2v) is 7.47. The fourth-order valence-electron chi connectivity index (χ4n) is 3.25. The minimum absolute atomic E-state index is 0.278. The molecule has 0 unspecified atom stereocenters. The van der Waals surface area contributed by atoms with E-state index in [-0.39, 0.29) is 11.5 Å². The first kappa shape index (κ1) is 19.2. The van der Waals surface area contributed by atoms with Gasteiger partial charge in [-0.25, -0.2) is 4.90 Å². The Morgan fingerprint density at radius 1 is 0.862 bits per heavy atom. The van der Waals surface area contributed by atoms with Gasteiger partial charge in [-0.3, -0.25) is 14.4 Å². The molecule has 0 bridgehead atoms. The van der Waals surface area contributed by atoms with Gasteiger partial charge in [0.25, 0.3) is 17.7 Å². The van der Waals surface area contributed by atoms with Crippen LogP contribution in [-0.4, -0.2) is 17.7 Å². The Kier molecular flexibility index (Phi) is 4.86. The van der Waals surface area contributed by atoms with Crippen molar-refractivity contribution in [3.8, 4) is 0 Å². The summed E-state index contributed by atoms with van der Waals surface area (Å²) in [6, 6.07) is 16.2. The van der Waals surface area contributed by atoms with Crippen LogP contribution in [0.2, 0.25) is 10.0 Å². The smallest absolute Gasteiger partial charge is 0.266 e. The molecular weight excluding hydrogens is 411 g/mol. The van der Waals surface area contributed by atoms with Gasteiger partial charge in [-0.2, -0.15) is 0 Å². The minimum atomic E-state index is -0.425. The number of aryl methyl sites for hydroxylation is 1. The van der Waals surface area contributed by atoms with Crippen molar-refractivity contribution in [1.29, 1.82) is 0 Å². The Morgan fingerprint density at radius 2 is 1.59 bits per heavy atom. The number of amides is 3. The maximum absolute atomic E-state index is 12.8. The van der Waals surface area contributed by atoms with Crippen molar-refractivity contribution in [3.63, 3.8) is 0 Å². The molecule has 4 rings (SSSR count). The van der Waals surface area contributed by atoms with Crippen molar-refractivity contribution in [2.75, 3.05) is 10.2 Å². The van der Waals surface area contributed by atoms with Crippen molar-refractivity contribution < 1.29 is 14.4 Å². The van der Waals surface area contributed by atoms with E-state index in [1.807, 2.05) is 0 Å². The Morgan fingerprint density at radius 3 is 2.31 bits per heavy atom. The average molecular weight is 425 g/mol. The summed E-state index contributed by atoms with van der Waals surface area (Å²) < 4.78 is 0. The zero-order chi connectivity index (χ0) is 20.7. The normalized spacial score (nSPS) is 12.9. The van der Waals surface area contributed by atoms with Gasteiger partial charge in [0.05, 0.1) is 16.8 Å². The fourth-order valence-corrected chi connectivity index (χ4v) is 3.61. The first-order valence-electron chi connectivity index (χ1n) is 8.71. The number of fused-ring (bicyclic) bond motifs is 1. The third-order valence-electron chi connectivity index (χ3n) is 4.63. The number of hydrogen-bond acceptors (Lipinski definition) is 3. The molecule has 3 aromatic carbocycles. The SMILES string of the molecule is Cc1cc(NC(=O)c2cccc(Cl)c2)ccc1N1C(=O)c2ccc(Cl)cc2C1=O. The molecule has 0 saturated carbocycles. The van der Waals surface area contributed by atoms with Crippen molar-refractivity contribution in [1.82, 2.24) is 0 Å². The molecule has 1 heterocycles. The molecule has 144 valence electrons. The van der Waals surface area contributed by atoms with Crippen LogP contribution in [0.3, 0.4) is 0 Å². The van der Waals surface area contributed by atoms with Crippen LogP contribution in [0.25, 0.3) is 0 Å². The summed E-state index contributed by atoms with van der Waals surface area (Å²) in [5.41, 5.74) is 2.67. The lowest BCUT2D eigenvalue weighted by Crippen LogP contribution is -2.30. The van der Waals surface area contributed by atoms with Crippen LogP contribution >= 0.6 is 23.2 Å². The topological polar surface area (TPSA) is 66.5 Å². The van der Waals surface area contributed by atoms with Crippen LogP contribution in [0.15, 0.2) is 60.7 Å². The number of nitrogens with zero attached hydrogens (tertiary/aromatic N) is 1. The zero-order valence-corrected chi connectivity index (χ0v) is 16.7. The van der Waals surface area contributed by atoms with E-state index in [1.165, 1.54) is 6.07 Å². The molecule has 3 amide bonds. The number of imide groups is 1. The van der Waals surface area contributed by atoms with Gasteiger partial charge in [0.2, 0.25) is 0 Å². The Labute approximate surface area is 176 Å². The second kappa shape index (κ2) is 7.35. The highest BCUT2D eigenvalue weighted by atomic mass is 35.5. The number of rotatable bonds is 3. The van der Waals surface area contributed by atoms with E-state index in [2.05, 4.69) is 5.32 Å². The molecule has 0 radical (unpaired) electrons. The third kappa shape index (κ3) is 3.50. The lowest BCUT2D eigenvalue weighted by Gasteiger charge is -2.17. The predicted molar refractivity (Wildman–Crippen MR) is 113 cm³/mol. The van der Waals surface area contributed by atoms with Crippen molar-refractivity contribution in [2.24, 2.45) is 0 Å². The lowest BCUT2D eigenvalue weighted by atomic mass is 10.1. The molecule has 1 aliphatic heterocycles. The van der Waals surface area contributed by atoms with E-state index in [0.717, 1.165) is 4.90 Å². The van der Waals surface area contributed by atoms with Crippen LogP contribution in [0.5, 0.6) is 0 Å². The van der Waals surface area contributed by atoms with Gasteiger partial charge >= 0.3 is 0 Å². The first-order valence-corrected chi connectivity index (χ1v) is 9.46. The largest absolute Gasteiger partial charge is 0.322 e. The lowest BCUT2D eigenvalue weighted by molar-refractivity contribution is 0.0924. The number of halogens is 2. The third-order valence-corrected chi connectivity index (χ3v) is 5.10. The zero-order valence-electron chi connectivity index (χ0n) is 15.2. The van der Waals surface area contributed by atoms with Gasteiger partial charge in [-0.15, -0.1) is 0 Å². The van der Waals surface area contributed by atoms with Crippen molar-refractivity contribution in [2.45, 2.75) is 6.92 Å². The summed E-state index contributed by atoms with van der Waals surface area (Å²) in [5.74, 6) is -1.14. The summed E-state index contributed by atoms with van der Waals surface area (Å²) in [4.78, 5) is 39.0. The Balaban J connectivity index is 1.61. The molecule has 29 heavy (non-hydrogen) atoms. The van der Waals surface area contributed by atoms with Crippen LogP contribution in [0.4, 0.5) is 11.4 Å². The molecule has 0 fully saturated rings. The van der Waals surface area contributed by atoms with Gasteiger partial charge in [-0.05, 0) is 67.1 Å². The molecule has 3 aromatic rings. The van der Waals surface area contributed by atoms with Crippen molar-refractivity contribution in [3.05, 3.63) is 93.0 Å². The van der Waals surface area contributed by atoms with Crippen LogP contribution in [0.1, 0.15) is 36.6 Å². The summed E-state index contributed by atoms with van der Waals surface area (Å²) in [6.45, 7) is 1.76. The number of carbonyl (C=O) groups is 3. The first-order chi connectivity index (χ1) is 13.8. The molecule has 0 saturated heterocycles. The number of hydrogen-bond donors (Lipinski definition) is 1. The summed E-state index contributed by atoms with van der Waals surface area (Å²) in [5, 5.41) is 3.65. The van der Waals surface area contributed by atoms with Gasteiger partial charge in [-0.1, -0.05) is 29.3 Å². The highest BCUT2D eigenvalue weighted by Gasteiger charge is 2.37. The maximum atomic E-state index is 12.8. The van der Waals surface area contributed by atoms with E-state index in [0.29, 0.717) is 38.1 Å². The average Bonchev–Trinajstić information content (AvgIpc) is 2.92. The van der Waals surface area contributed by atoms with Gasteiger partial charge in [0.1, 0.15) is 0 Å². The van der Waals surface area contributed by atoms with E-state index >= 15 is 0 Å².